The Morgan fingerprint density at radius 2 is 1.71 bits per heavy atom. The molecule has 2 aromatic carbocycles. The largest absolute Gasteiger partial charge is 0.497 e. The number of pyridine rings is 1. The number of ether oxygens (including phenoxy) is 1. The molecule has 1 heterocycles. The van der Waals surface area contributed by atoms with Crippen LogP contribution >= 0.6 is 0 Å². The van der Waals surface area contributed by atoms with E-state index in [-0.39, 0.29) is 12.5 Å². The van der Waals surface area contributed by atoms with Gasteiger partial charge >= 0.3 is 0 Å². The number of carbonyl (C=O) groups excluding carboxylic acids is 1. The summed E-state index contributed by atoms with van der Waals surface area (Å²) in [6.07, 6.45) is 6.90. The highest BCUT2D eigenvalue weighted by Gasteiger charge is 2.20. The zero-order valence-corrected chi connectivity index (χ0v) is 18.0. The van der Waals surface area contributed by atoms with Crippen LogP contribution in [0.15, 0.2) is 73.1 Å². The van der Waals surface area contributed by atoms with Crippen molar-refractivity contribution in [3.8, 4) is 16.9 Å². The molecule has 3 aromatic rings. The third-order valence-corrected chi connectivity index (χ3v) is 5.31. The van der Waals surface area contributed by atoms with Crippen LogP contribution in [0, 0.1) is 0 Å². The minimum Gasteiger partial charge on any atom is -0.497 e. The number of aryl methyl sites for hydroxylation is 1. The van der Waals surface area contributed by atoms with Crippen LogP contribution in [0.4, 0.5) is 0 Å². The molecule has 5 nitrogen and oxygen atoms in total. The minimum atomic E-state index is -0.0427. The average Bonchev–Trinajstić information content (AvgIpc) is 2.84. The molecule has 1 aromatic heterocycles. The summed E-state index contributed by atoms with van der Waals surface area (Å²) in [6, 6.07) is 19.8. The molecule has 0 radical (unpaired) electrons. The van der Waals surface area contributed by atoms with E-state index in [1.165, 1.54) is 5.56 Å². The minimum absolute atomic E-state index is 0.0427. The lowest BCUT2D eigenvalue weighted by atomic mass is 9.99. The van der Waals surface area contributed by atoms with Gasteiger partial charge in [0.2, 0.25) is 0 Å². The normalized spacial score (nSPS) is 10.6. The Kier molecular flexibility index (Phi) is 8.61. The third kappa shape index (κ3) is 6.40. The van der Waals surface area contributed by atoms with E-state index < -0.39 is 0 Å². The summed E-state index contributed by atoms with van der Waals surface area (Å²) in [4.78, 5) is 19.5. The number of unbranched alkanes of at least 4 members (excludes halogenated alkanes) is 1. The molecular weight excluding hydrogens is 388 g/mol. The number of amides is 1. The monoisotopic (exact) mass is 418 g/mol. The molecule has 5 heteroatoms. The Morgan fingerprint density at radius 3 is 2.42 bits per heavy atom. The molecule has 0 bridgehead atoms. The van der Waals surface area contributed by atoms with Gasteiger partial charge in [-0.15, -0.1) is 0 Å². The fraction of sp³-hybridized carbons (Fsp3) is 0.308. The number of rotatable bonds is 11. The highest BCUT2D eigenvalue weighted by Crippen LogP contribution is 2.28. The summed E-state index contributed by atoms with van der Waals surface area (Å²) in [7, 11) is 1.60. The lowest BCUT2D eigenvalue weighted by Gasteiger charge is -2.24. The molecule has 0 fully saturated rings. The fourth-order valence-corrected chi connectivity index (χ4v) is 3.63. The van der Waals surface area contributed by atoms with Crippen molar-refractivity contribution in [3.05, 3.63) is 84.2 Å². The first-order chi connectivity index (χ1) is 15.2. The van der Waals surface area contributed by atoms with Gasteiger partial charge in [-0.3, -0.25) is 9.78 Å². The summed E-state index contributed by atoms with van der Waals surface area (Å²) in [5.41, 5.74) is 3.70. The predicted molar refractivity (Wildman–Crippen MR) is 123 cm³/mol. The summed E-state index contributed by atoms with van der Waals surface area (Å²) in [5.74, 6) is 0.603. The number of nitrogens with zero attached hydrogens (tertiary/aromatic N) is 2. The van der Waals surface area contributed by atoms with Crippen molar-refractivity contribution in [1.82, 2.24) is 9.88 Å². The van der Waals surface area contributed by atoms with Gasteiger partial charge in [0.1, 0.15) is 5.75 Å². The van der Waals surface area contributed by atoms with Crippen LogP contribution in [0.2, 0.25) is 0 Å². The van der Waals surface area contributed by atoms with E-state index in [2.05, 4.69) is 29.2 Å². The maximum absolute atomic E-state index is 13.6. The average molecular weight is 419 g/mol. The van der Waals surface area contributed by atoms with Crippen LogP contribution in [0.1, 0.15) is 35.2 Å². The Bertz CT molecular complexity index is 945. The lowest BCUT2D eigenvalue weighted by Crippen LogP contribution is -2.33. The van der Waals surface area contributed by atoms with Gasteiger partial charge < -0.3 is 14.7 Å². The Labute approximate surface area is 184 Å². The number of aliphatic hydroxyl groups is 1. The first kappa shape index (κ1) is 22.5. The van der Waals surface area contributed by atoms with Gasteiger partial charge in [0.05, 0.1) is 12.7 Å². The molecule has 0 unspecified atom stereocenters. The quantitative estimate of drug-likeness (QED) is 0.462. The number of hydrogen-bond acceptors (Lipinski definition) is 4. The summed E-state index contributed by atoms with van der Waals surface area (Å²) in [6.45, 7) is 1.23. The van der Waals surface area contributed by atoms with E-state index in [9.17, 15) is 9.90 Å². The van der Waals surface area contributed by atoms with Gasteiger partial charge in [0.15, 0.2) is 0 Å². The zero-order chi connectivity index (χ0) is 21.9. The molecule has 0 saturated heterocycles. The standard InChI is InChI=1S/C26H30N2O3/c1-31-23-11-12-24(22-13-15-27-16-14-22)25(20-23)26(30)28(18-7-19-29)17-6-5-10-21-8-3-2-4-9-21/h2-4,8-9,11-16,20,29H,5-7,10,17-19H2,1H3. The molecule has 0 saturated carbocycles. The van der Waals surface area contributed by atoms with Gasteiger partial charge in [-0.05, 0) is 72.7 Å². The molecular formula is C26H30N2O3. The molecule has 0 aliphatic heterocycles. The van der Waals surface area contributed by atoms with Gasteiger partial charge in [-0.25, -0.2) is 0 Å². The van der Waals surface area contributed by atoms with Gasteiger partial charge in [-0.1, -0.05) is 30.3 Å². The Hall–Kier alpha value is -3.18. The first-order valence-electron chi connectivity index (χ1n) is 10.8. The van der Waals surface area contributed by atoms with E-state index >= 15 is 0 Å². The van der Waals surface area contributed by atoms with Crippen molar-refractivity contribution < 1.29 is 14.6 Å². The van der Waals surface area contributed by atoms with Gasteiger partial charge in [0, 0.05) is 32.1 Å². The van der Waals surface area contributed by atoms with E-state index in [1.54, 1.807) is 25.6 Å². The van der Waals surface area contributed by atoms with E-state index in [4.69, 9.17) is 4.74 Å². The molecule has 1 N–H and O–H groups in total. The van der Waals surface area contributed by atoms with Crippen LogP contribution in [0.25, 0.3) is 11.1 Å². The van der Waals surface area contributed by atoms with Crippen LogP contribution in [-0.2, 0) is 6.42 Å². The van der Waals surface area contributed by atoms with Crippen LogP contribution in [0.3, 0.4) is 0 Å². The molecule has 0 atom stereocenters. The number of hydrogen-bond donors (Lipinski definition) is 1. The highest BCUT2D eigenvalue weighted by atomic mass is 16.5. The van der Waals surface area contributed by atoms with Crippen molar-refractivity contribution in [2.24, 2.45) is 0 Å². The lowest BCUT2D eigenvalue weighted by molar-refractivity contribution is 0.0742. The maximum Gasteiger partial charge on any atom is 0.254 e. The molecule has 31 heavy (non-hydrogen) atoms. The maximum atomic E-state index is 13.6. The van der Waals surface area contributed by atoms with E-state index in [0.717, 1.165) is 30.4 Å². The molecule has 0 aliphatic carbocycles. The van der Waals surface area contributed by atoms with Crippen molar-refractivity contribution >= 4 is 5.91 Å². The number of carbonyl (C=O) groups is 1. The smallest absolute Gasteiger partial charge is 0.254 e. The van der Waals surface area contributed by atoms with E-state index in [1.807, 2.05) is 35.2 Å². The molecule has 0 aliphatic rings. The molecule has 1 amide bonds. The molecule has 0 spiro atoms. The summed E-state index contributed by atoms with van der Waals surface area (Å²) < 4.78 is 5.38. The van der Waals surface area contributed by atoms with Crippen LogP contribution < -0.4 is 4.74 Å². The van der Waals surface area contributed by atoms with Crippen molar-refractivity contribution in [3.63, 3.8) is 0 Å². The van der Waals surface area contributed by atoms with Gasteiger partial charge in [0.25, 0.3) is 5.91 Å². The Morgan fingerprint density at radius 1 is 0.968 bits per heavy atom. The fourth-order valence-electron chi connectivity index (χ4n) is 3.63. The van der Waals surface area contributed by atoms with Crippen molar-refractivity contribution in [1.29, 1.82) is 0 Å². The Balaban J connectivity index is 1.76. The number of aliphatic hydroxyl groups excluding tert-OH is 1. The van der Waals surface area contributed by atoms with Crippen LogP contribution in [0.5, 0.6) is 5.75 Å². The zero-order valence-electron chi connectivity index (χ0n) is 18.0. The number of aromatic nitrogens is 1. The second-order valence-electron chi connectivity index (χ2n) is 7.46. The third-order valence-electron chi connectivity index (χ3n) is 5.31. The number of benzene rings is 2. The van der Waals surface area contributed by atoms with Crippen molar-refractivity contribution in [2.45, 2.75) is 25.7 Å². The van der Waals surface area contributed by atoms with Gasteiger partial charge in [-0.2, -0.15) is 0 Å². The van der Waals surface area contributed by atoms with E-state index in [0.29, 0.717) is 30.8 Å². The first-order valence-corrected chi connectivity index (χ1v) is 10.8. The second-order valence-corrected chi connectivity index (χ2v) is 7.46. The molecule has 3 rings (SSSR count). The number of methoxy groups -OCH3 is 1. The van der Waals surface area contributed by atoms with Crippen molar-refractivity contribution in [2.75, 3.05) is 26.8 Å². The highest BCUT2D eigenvalue weighted by molar-refractivity contribution is 6.01. The SMILES string of the molecule is COc1ccc(-c2ccncc2)c(C(=O)N(CCCO)CCCCc2ccccc2)c1. The summed E-state index contributed by atoms with van der Waals surface area (Å²) >= 11 is 0. The summed E-state index contributed by atoms with van der Waals surface area (Å²) in [5, 5.41) is 9.34. The second kappa shape index (κ2) is 11.9. The molecule has 162 valence electrons. The predicted octanol–water partition coefficient (Wildman–Crippen LogP) is 4.60. The topological polar surface area (TPSA) is 62.7 Å². The van der Waals surface area contributed by atoms with Crippen LogP contribution in [-0.4, -0.2) is 47.7 Å².